The third-order valence-electron chi connectivity index (χ3n) is 5.39. The summed E-state index contributed by atoms with van der Waals surface area (Å²) in [7, 11) is 0. The highest BCUT2D eigenvalue weighted by molar-refractivity contribution is 7.71. The Kier molecular flexibility index (Phi) is 6.09. The van der Waals surface area contributed by atoms with Crippen LogP contribution in [0.15, 0.2) is 97.2 Å². The lowest BCUT2D eigenvalue weighted by Crippen LogP contribution is -2.02. The first-order valence-corrected chi connectivity index (χ1v) is 11.2. The highest BCUT2D eigenvalue weighted by atomic mass is 32.1. The van der Waals surface area contributed by atoms with Crippen molar-refractivity contribution < 1.29 is 4.79 Å². The summed E-state index contributed by atoms with van der Waals surface area (Å²) in [5.74, 6) is 0.520. The highest BCUT2D eigenvalue weighted by Gasteiger charge is 2.17. The molecule has 0 unspecified atom stereocenters. The maximum atomic E-state index is 13.1. The highest BCUT2D eigenvalue weighted by Crippen LogP contribution is 2.29. The molecule has 0 radical (unpaired) electrons. The van der Waals surface area contributed by atoms with Crippen molar-refractivity contribution in [3.8, 4) is 16.9 Å². The molecule has 0 aliphatic heterocycles. The number of para-hydroxylation sites is 1. The van der Waals surface area contributed by atoms with Crippen LogP contribution >= 0.6 is 12.2 Å². The van der Waals surface area contributed by atoms with Crippen LogP contribution < -0.4 is 0 Å². The average Bonchev–Trinajstić information content (AvgIpc) is 3.51. The first kappa shape index (κ1) is 21.5. The minimum atomic E-state index is -0.00844. The second-order valence-corrected chi connectivity index (χ2v) is 8.12. The van der Waals surface area contributed by atoms with E-state index in [0.29, 0.717) is 21.7 Å². The number of carbonyl (C=O) groups excluding carboxylic acids is 1. The maximum Gasteiger partial charge on any atom is 0.213 e. The van der Waals surface area contributed by atoms with Gasteiger partial charge in [0, 0.05) is 34.9 Å². The number of nitrogens with one attached hydrogen (secondary N) is 2. The monoisotopic (exact) mass is 463 g/mol. The number of nitrogens with zero attached hydrogens (tertiary/aromatic N) is 3. The maximum absolute atomic E-state index is 13.1. The summed E-state index contributed by atoms with van der Waals surface area (Å²) in [6.07, 6.45) is 4.08. The number of carbonyl (C=O) groups is 1. The van der Waals surface area contributed by atoms with Crippen molar-refractivity contribution in [2.45, 2.75) is 6.42 Å². The minimum absolute atomic E-state index is 0.00844. The Labute approximate surface area is 201 Å². The number of Topliss-reactive ketones (excluding diaryl/α,β-unsaturated/α-hetero) is 1. The zero-order valence-electron chi connectivity index (χ0n) is 18.2. The van der Waals surface area contributed by atoms with Crippen molar-refractivity contribution in [2.75, 3.05) is 0 Å². The molecular formula is C27H21N5OS. The first-order valence-electron chi connectivity index (χ1n) is 10.8. The van der Waals surface area contributed by atoms with Gasteiger partial charge >= 0.3 is 0 Å². The van der Waals surface area contributed by atoms with E-state index in [4.69, 9.17) is 17.3 Å². The van der Waals surface area contributed by atoms with E-state index in [9.17, 15) is 4.79 Å². The number of hydrogen-bond donors (Lipinski definition) is 2. The van der Waals surface area contributed by atoms with Crippen LogP contribution in [0, 0.1) is 4.77 Å². The fourth-order valence-corrected chi connectivity index (χ4v) is 3.88. The van der Waals surface area contributed by atoms with Crippen LogP contribution in [0.25, 0.3) is 28.6 Å². The second kappa shape index (κ2) is 9.64. The number of allylic oxidation sites excluding steroid dienone is 1. The van der Waals surface area contributed by atoms with Crippen molar-refractivity contribution in [3.05, 3.63) is 119 Å². The molecule has 0 amide bonds. The van der Waals surface area contributed by atoms with Crippen molar-refractivity contribution >= 4 is 29.7 Å². The first-order chi connectivity index (χ1) is 16.7. The van der Waals surface area contributed by atoms with Crippen LogP contribution in [-0.4, -0.2) is 30.7 Å². The van der Waals surface area contributed by atoms with Gasteiger partial charge in [-0.1, -0.05) is 78.9 Å². The largest absolute Gasteiger partial charge is 0.294 e. The molecule has 0 saturated carbocycles. The molecular weight excluding hydrogens is 442 g/mol. The van der Waals surface area contributed by atoms with Gasteiger partial charge in [-0.3, -0.25) is 15.0 Å². The normalized spacial score (nSPS) is 11.5. The SMILES string of the molecule is O=C(C/C(=C\c1cn(-c2ccccc2)nc1-c1ccccc1)c1nc(=S)[nH][nH]1)c1ccccc1. The Morgan fingerprint density at radius 2 is 1.53 bits per heavy atom. The molecule has 0 aliphatic rings. The summed E-state index contributed by atoms with van der Waals surface area (Å²) >= 11 is 5.17. The van der Waals surface area contributed by atoms with Crippen LogP contribution in [0.1, 0.15) is 28.2 Å². The third-order valence-corrected chi connectivity index (χ3v) is 5.59. The molecule has 2 N–H and O–H groups in total. The predicted octanol–water partition coefficient (Wildman–Crippen LogP) is 6.13. The molecule has 5 aromatic rings. The van der Waals surface area contributed by atoms with Crippen molar-refractivity contribution in [1.29, 1.82) is 0 Å². The van der Waals surface area contributed by atoms with Gasteiger partial charge in [-0.2, -0.15) is 10.1 Å². The number of aromatic nitrogens is 5. The molecule has 0 atom stereocenters. The molecule has 0 aliphatic carbocycles. The lowest BCUT2D eigenvalue weighted by Gasteiger charge is -2.05. The lowest BCUT2D eigenvalue weighted by atomic mass is 9.99. The summed E-state index contributed by atoms with van der Waals surface area (Å²) < 4.78 is 2.17. The molecule has 3 aromatic carbocycles. The van der Waals surface area contributed by atoms with E-state index in [1.54, 1.807) is 0 Å². The molecule has 166 valence electrons. The molecule has 6 nitrogen and oxygen atoms in total. The van der Waals surface area contributed by atoms with E-state index in [-0.39, 0.29) is 12.2 Å². The number of ketones is 1. The van der Waals surface area contributed by atoms with E-state index in [0.717, 1.165) is 22.5 Å². The van der Waals surface area contributed by atoms with Crippen LogP contribution in [0.5, 0.6) is 0 Å². The van der Waals surface area contributed by atoms with E-state index in [2.05, 4.69) is 15.2 Å². The van der Waals surface area contributed by atoms with Crippen molar-refractivity contribution in [2.24, 2.45) is 0 Å². The minimum Gasteiger partial charge on any atom is -0.294 e. The number of hydrogen-bond acceptors (Lipinski definition) is 4. The molecule has 0 bridgehead atoms. The van der Waals surface area contributed by atoms with E-state index < -0.39 is 0 Å². The standard InChI is InChI=1S/C27H21N5OS/c33-24(19-10-4-1-5-11-19)17-21(26-28-27(34)30-29-26)16-22-18-32(23-14-8-3-9-15-23)31-25(22)20-12-6-2-7-13-20/h1-16,18H,17H2,(H2,28,29,30,34)/b21-16+. The van der Waals surface area contributed by atoms with Gasteiger partial charge in [0.15, 0.2) is 11.6 Å². The number of rotatable bonds is 7. The van der Waals surface area contributed by atoms with Gasteiger partial charge in [0.2, 0.25) is 4.77 Å². The Hall–Kier alpha value is -4.36. The summed E-state index contributed by atoms with van der Waals surface area (Å²) in [6, 6.07) is 29.1. The third kappa shape index (κ3) is 4.69. The summed E-state index contributed by atoms with van der Waals surface area (Å²) in [5, 5.41) is 10.7. The van der Waals surface area contributed by atoms with Crippen molar-refractivity contribution in [1.82, 2.24) is 25.0 Å². The molecule has 2 aromatic heterocycles. The second-order valence-electron chi connectivity index (χ2n) is 7.73. The fraction of sp³-hybridized carbons (Fsp3) is 0.0370. The Balaban J connectivity index is 1.63. The molecule has 0 saturated heterocycles. The predicted molar refractivity (Wildman–Crippen MR) is 136 cm³/mol. The zero-order valence-corrected chi connectivity index (χ0v) is 19.0. The molecule has 0 fully saturated rings. The van der Waals surface area contributed by atoms with Crippen LogP contribution in [0.2, 0.25) is 0 Å². The van der Waals surface area contributed by atoms with E-state index >= 15 is 0 Å². The zero-order chi connectivity index (χ0) is 23.3. The van der Waals surface area contributed by atoms with Crippen molar-refractivity contribution in [3.63, 3.8) is 0 Å². The summed E-state index contributed by atoms with van der Waals surface area (Å²) in [4.78, 5) is 17.4. The molecule has 2 heterocycles. The molecule has 34 heavy (non-hydrogen) atoms. The summed E-state index contributed by atoms with van der Waals surface area (Å²) in [6.45, 7) is 0. The topological polar surface area (TPSA) is 79.4 Å². The smallest absolute Gasteiger partial charge is 0.213 e. The van der Waals surface area contributed by atoms with Gasteiger partial charge in [-0.15, -0.1) is 0 Å². The number of H-pyrrole nitrogens is 2. The van der Waals surface area contributed by atoms with Gasteiger partial charge in [0.1, 0.15) is 0 Å². The number of benzene rings is 3. The van der Waals surface area contributed by atoms with E-state index in [1.165, 1.54) is 0 Å². The van der Waals surface area contributed by atoms with Crippen LogP contribution in [0.4, 0.5) is 0 Å². The van der Waals surface area contributed by atoms with Crippen LogP contribution in [-0.2, 0) is 0 Å². The number of aromatic amines is 2. The quantitative estimate of drug-likeness (QED) is 0.225. The molecule has 7 heteroatoms. The molecule has 0 spiro atoms. The van der Waals surface area contributed by atoms with Gasteiger partial charge in [0.05, 0.1) is 11.4 Å². The summed E-state index contributed by atoms with van der Waals surface area (Å²) in [5.41, 5.74) is 4.96. The van der Waals surface area contributed by atoms with Crippen LogP contribution in [0.3, 0.4) is 0 Å². The van der Waals surface area contributed by atoms with Gasteiger partial charge in [0.25, 0.3) is 0 Å². The van der Waals surface area contributed by atoms with Gasteiger partial charge in [-0.05, 0) is 30.4 Å². The Morgan fingerprint density at radius 1 is 0.882 bits per heavy atom. The average molecular weight is 464 g/mol. The van der Waals surface area contributed by atoms with Gasteiger partial charge in [-0.25, -0.2) is 4.68 Å². The lowest BCUT2D eigenvalue weighted by molar-refractivity contribution is 0.0998. The van der Waals surface area contributed by atoms with Gasteiger partial charge < -0.3 is 0 Å². The Bertz CT molecular complexity index is 1500. The van der Waals surface area contributed by atoms with E-state index in [1.807, 2.05) is 108 Å². The Morgan fingerprint density at radius 3 is 2.18 bits per heavy atom. The molecule has 5 rings (SSSR count). The fourth-order valence-electron chi connectivity index (χ4n) is 3.74.